The number of anilines is 2. The second kappa shape index (κ2) is 33.5. The Morgan fingerprint density at radius 2 is 0.708 bits per heavy atom. The monoisotopic (exact) mass is 1570 g/mol. The van der Waals surface area contributed by atoms with Crippen LogP contribution in [0.25, 0.3) is 51.4 Å². The average Bonchev–Trinajstić information content (AvgIpc) is 1.58. The molecular formula is C68H68Br4N6O4S7. The molecule has 0 bridgehead atoms. The first-order valence-electron chi connectivity index (χ1n) is 30.6. The molecule has 9 heterocycles. The zero-order valence-corrected chi connectivity index (χ0v) is 61.7. The Balaban J connectivity index is 0.000000163. The first kappa shape index (κ1) is 67.6. The lowest BCUT2D eigenvalue weighted by molar-refractivity contribution is -0.120. The third-order valence-electron chi connectivity index (χ3n) is 15.7. The van der Waals surface area contributed by atoms with Crippen LogP contribution >= 0.6 is 132 Å². The van der Waals surface area contributed by atoms with Crippen molar-refractivity contribution in [2.24, 2.45) is 8.73 Å². The summed E-state index contributed by atoms with van der Waals surface area (Å²) >= 11 is 24.8. The molecule has 4 amide bonds. The van der Waals surface area contributed by atoms with Crippen molar-refractivity contribution < 1.29 is 19.2 Å². The molecule has 0 N–H and O–H groups in total. The van der Waals surface area contributed by atoms with E-state index >= 15 is 0 Å². The lowest BCUT2D eigenvalue weighted by Crippen LogP contribution is -2.29. The number of rotatable bonds is 28. The van der Waals surface area contributed by atoms with Crippen molar-refractivity contribution in [2.45, 2.75) is 155 Å². The van der Waals surface area contributed by atoms with Crippen LogP contribution in [0.3, 0.4) is 0 Å². The number of hydrogen-bond acceptors (Lipinski definition) is 14. The Labute approximate surface area is 583 Å². The van der Waals surface area contributed by atoms with Gasteiger partial charge in [-0.3, -0.25) is 19.2 Å². The summed E-state index contributed by atoms with van der Waals surface area (Å²) in [6.45, 7) is 4.52. The highest BCUT2D eigenvalue weighted by molar-refractivity contribution is 9.11. The number of carbonyl (C=O) groups is 4. The van der Waals surface area contributed by atoms with Gasteiger partial charge in [0.2, 0.25) is 0 Å². The zero-order chi connectivity index (χ0) is 62.2. The second-order valence-corrected chi connectivity index (χ2v) is 34.0. The van der Waals surface area contributed by atoms with Crippen LogP contribution in [0.15, 0.2) is 133 Å². The predicted octanol–water partition coefficient (Wildman–Crippen LogP) is 25.0. The van der Waals surface area contributed by atoms with Gasteiger partial charge in [-0.05, 0) is 173 Å². The maximum Gasteiger partial charge on any atom is 0.266 e. The number of carbonyl (C=O) groups excluding carboxylic acids is 4. The molecule has 0 radical (unpaired) electrons. The van der Waals surface area contributed by atoms with Crippen LogP contribution in [0.2, 0.25) is 0 Å². The van der Waals surface area contributed by atoms with Gasteiger partial charge in [0.15, 0.2) is 0 Å². The average molecular weight is 1580 g/mol. The minimum Gasteiger partial charge on any atom is -0.269 e. The van der Waals surface area contributed by atoms with Crippen LogP contribution in [-0.4, -0.2) is 32.4 Å². The summed E-state index contributed by atoms with van der Waals surface area (Å²) < 4.78 is 22.4. The smallest absolute Gasteiger partial charge is 0.266 e. The molecule has 0 fully saturated rings. The van der Waals surface area contributed by atoms with Crippen LogP contribution in [0, 0.1) is 0 Å². The molecule has 9 aromatic rings. The van der Waals surface area contributed by atoms with Crippen molar-refractivity contribution >= 4 is 201 Å². The fourth-order valence-electron chi connectivity index (χ4n) is 11.2. The van der Waals surface area contributed by atoms with Gasteiger partial charge in [-0.25, -0.2) is 9.80 Å². The van der Waals surface area contributed by atoms with E-state index in [9.17, 15) is 19.2 Å². The minimum absolute atomic E-state index is 0.257. The van der Waals surface area contributed by atoms with E-state index in [1.165, 1.54) is 209 Å². The van der Waals surface area contributed by atoms with Crippen molar-refractivity contribution in [1.82, 2.24) is 8.75 Å². The first-order chi connectivity index (χ1) is 43.4. The zero-order valence-electron chi connectivity index (χ0n) is 49.6. The topological polar surface area (TPSA) is 125 Å². The van der Waals surface area contributed by atoms with Crippen molar-refractivity contribution in [2.75, 3.05) is 9.80 Å². The molecule has 0 saturated heterocycles. The van der Waals surface area contributed by atoms with E-state index in [1.807, 2.05) is 60.7 Å². The van der Waals surface area contributed by atoms with Gasteiger partial charge < -0.3 is 0 Å². The van der Waals surface area contributed by atoms with Crippen LogP contribution in [0.1, 0.15) is 174 Å². The highest BCUT2D eigenvalue weighted by Crippen LogP contribution is 2.56. The number of hydrogen-bond donors (Lipinski definition) is 0. The fraction of sp³-hybridized carbons (Fsp3) is 0.353. The molecule has 12 rings (SSSR count). The van der Waals surface area contributed by atoms with Gasteiger partial charge >= 0.3 is 0 Å². The number of aromatic nitrogens is 2. The van der Waals surface area contributed by atoms with E-state index in [1.54, 1.807) is 34.0 Å². The molecule has 0 atom stereocenters. The number of unbranched alkanes of at least 4 members (excludes halogenated alkanes) is 18. The standard InChI is InChI=1S/C34H33Br2N3O2S3.C22H31NO2.C12H4Br2N2S4/c1-2-3-4-5-6-7-8-9-10-11-12-21-13-15-22(16-14-21)39-33(40)29-27(23-17-19-25(35)42-23)31-32(38-44-37-31)28(30(29)34(39)41)24-18-20-26(36)43-24;1-2-3-4-5-6-7-8-9-10-11-12-19-13-15-20(16-14-19)23-21(24)17-18-22(23)25;13-7-3-1-5(17-7)11-9-10(16-20-15-9)12(19-11)6-2-4-8(14)18-6/h13-20H,2-12H2,1H3;13-18H,2-12H2,1H3;1-4H. The van der Waals surface area contributed by atoms with E-state index in [0.717, 1.165) is 67.3 Å². The summed E-state index contributed by atoms with van der Waals surface area (Å²) in [6.07, 6.45) is 31.3. The highest BCUT2D eigenvalue weighted by Gasteiger charge is 2.44. The van der Waals surface area contributed by atoms with Crippen LogP contribution < -0.4 is 9.80 Å². The molecule has 464 valence electrons. The molecule has 0 unspecified atom stereocenters. The second-order valence-electron chi connectivity index (χ2n) is 22.1. The van der Waals surface area contributed by atoms with Crippen molar-refractivity contribution in [3.05, 3.63) is 147 Å². The van der Waals surface area contributed by atoms with Gasteiger partial charge in [0.05, 0.1) is 70.5 Å². The number of fused-ring (bicyclic) bond motifs is 3. The maximum atomic E-state index is 14.3. The third-order valence-corrected chi connectivity index (χ3v) is 24.9. The van der Waals surface area contributed by atoms with Crippen LogP contribution in [0.4, 0.5) is 22.7 Å². The lowest BCUT2D eigenvalue weighted by atomic mass is 9.93. The SMILES string of the molecule is Brc1ccc(-c2sc(-c3ccc(Br)s3)c3c2N=S=N3)s1.CCCCCCCCCCCCc1ccc(N2C(=O)C=CC2=O)cc1.CCCCCCCCCCCCc1ccc(N2C(=O)c3c(c(-c4ccc(Br)s4)c4nsnc4c3-c3ccc(Br)s3)C2=O)cc1. The Morgan fingerprint density at radius 3 is 1.06 bits per heavy atom. The normalized spacial score (nSPS) is 13.2. The summed E-state index contributed by atoms with van der Waals surface area (Å²) in [5.41, 5.74) is 9.25. The molecule has 6 aromatic heterocycles. The van der Waals surface area contributed by atoms with Gasteiger partial charge in [-0.15, -0.1) is 56.7 Å². The number of imide groups is 2. The largest absolute Gasteiger partial charge is 0.269 e. The summed E-state index contributed by atoms with van der Waals surface area (Å²) in [5.74, 6) is -1.16. The van der Waals surface area contributed by atoms with E-state index < -0.39 is 0 Å². The Morgan fingerprint density at radius 1 is 0.371 bits per heavy atom. The van der Waals surface area contributed by atoms with E-state index in [0.29, 0.717) is 44.7 Å². The van der Waals surface area contributed by atoms with Crippen molar-refractivity contribution in [3.63, 3.8) is 0 Å². The molecule has 3 aliphatic rings. The van der Waals surface area contributed by atoms with Gasteiger partial charge in [-0.2, -0.15) is 17.5 Å². The summed E-state index contributed by atoms with van der Waals surface area (Å²) in [7, 11) is 0. The minimum atomic E-state index is -0.321. The number of aryl methyl sites for hydroxylation is 2. The lowest BCUT2D eigenvalue weighted by Gasteiger charge is -2.15. The first-order valence-corrected chi connectivity index (χ1v) is 39.4. The van der Waals surface area contributed by atoms with E-state index in [4.69, 9.17) is 0 Å². The van der Waals surface area contributed by atoms with E-state index in [-0.39, 0.29) is 23.6 Å². The van der Waals surface area contributed by atoms with Gasteiger partial charge in [0, 0.05) is 42.8 Å². The van der Waals surface area contributed by atoms with Crippen LogP contribution in [-0.2, 0) is 33.8 Å². The maximum absolute atomic E-state index is 14.3. The quantitative estimate of drug-likeness (QED) is 0.0355. The molecule has 10 nitrogen and oxygen atoms in total. The molecule has 0 saturated carbocycles. The molecular weight excluding hydrogens is 1510 g/mol. The summed E-state index contributed by atoms with van der Waals surface area (Å²) in [5, 5.41) is 0. The number of benzene rings is 3. The summed E-state index contributed by atoms with van der Waals surface area (Å²) in [6, 6.07) is 32.0. The van der Waals surface area contributed by atoms with Crippen molar-refractivity contribution in [1.29, 1.82) is 0 Å². The molecule has 0 spiro atoms. The number of nitrogens with zero attached hydrogens (tertiary/aromatic N) is 6. The predicted molar refractivity (Wildman–Crippen MR) is 394 cm³/mol. The Bertz CT molecular complexity index is 3840. The highest BCUT2D eigenvalue weighted by atomic mass is 79.9. The number of amides is 4. The number of halogens is 4. The molecule has 21 heteroatoms. The van der Waals surface area contributed by atoms with Crippen LogP contribution in [0.5, 0.6) is 0 Å². The fourth-order valence-corrected chi connectivity index (χ4v) is 19.4. The van der Waals surface area contributed by atoms with Gasteiger partial charge in [0.25, 0.3) is 23.6 Å². The molecule has 3 aromatic carbocycles. The Kier molecular flexibility index (Phi) is 25.5. The molecule has 3 aliphatic heterocycles. The van der Waals surface area contributed by atoms with E-state index in [2.05, 4.69) is 131 Å². The third kappa shape index (κ3) is 17.1. The van der Waals surface area contributed by atoms with Crippen molar-refractivity contribution in [3.8, 4) is 40.4 Å². The molecule has 0 aliphatic carbocycles. The molecule has 89 heavy (non-hydrogen) atoms. The van der Waals surface area contributed by atoms with Gasteiger partial charge in [0.1, 0.15) is 22.4 Å². The van der Waals surface area contributed by atoms with Gasteiger partial charge in [-0.1, -0.05) is 154 Å². The number of thiophene rings is 5. The Hall–Kier alpha value is -4.26. The summed E-state index contributed by atoms with van der Waals surface area (Å²) in [4.78, 5) is 61.0.